The molecule has 0 spiro atoms. The van der Waals surface area contributed by atoms with Crippen molar-refractivity contribution >= 4 is 17.6 Å². The summed E-state index contributed by atoms with van der Waals surface area (Å²) in [6.07, 6.45) is 0.776. The van der Waals surface area contributed by atoms with Crippen LogP contribution in [0.1, 0.15) is 54.4 Å². The Morgan fingerprint density at radius 3 is 2.05 bits per heavy atom. The summed E-state index contributed by atoms with van der Waals surface area (Å²) >= 11 is 0. The third-order valence-corrected chi connectivity index (χ3v) is 2.73. The summed E-state index contributed by atoms with van der Waals surface area (Å²) in [6, 6.07) is -0.474. The lowest BCUT2D eigenvalue weighted by atomic mass is 10.0. The van der Waals surface area contributed by atoms with Gasteiger partial charge in [-0.25, -0.2) is 0 Å². The lowest BCUT2D eigenvalue weighted by Crippen LogP contribution is -2.42. The van der Waals surface area contributed by atoms with Gasteiger partial charge >= 0.3 is 0 Å². The molecule has 0 aromatic carbocycles. The van der Waals surface area contributed by atoms with Crippen LogP contribution in [-0.2, 0) is 14.4 Å². The largest absolute Gasteiger partial charge is 0.352 e. The molecule has 0 unspecified atom stereocenters. The second kappa shape index (κ2) is 7.26. The highest BCUT2D eigenvalue weighted by molar-refractivity contribution is 5.88. The Morgan fingerprint density at radius 2 is 1.63 bits per heavy atom. The summed E-state index contributed by atoms with van der Waals surface area (Å²) in [7, 11) is 0. The number of amides is 2. The molecule has 0 heterocycles. The van der Waals surface area contributed by atoms with Gasteiger partial charge in [0.2, 0.25) is 11.8 Å². The molecule has 0 radical (unpaired) electrons. The standard InChI is InChI=1S/C14H26N2O3/c1-9(13(19)15-10(2)11(3)17)7-8-12(18)16-14(4,5)6/h9-10H,7-8H2,1-6H3,(H,15,19)(H,16,18)/t9-,10-/m0/s1. The molecule has 0 aromatic heterocycles. The molecule has 0 aliphatic carbocycles. The highest BCUT2D eigenvalue weighted by Gasteiger charge is 2.19. The van der Waals surface area contributed by atoms with Gasteiger partial charge in [0.1, 0.15) is 0 Å². The maximum Gasteiger partial charge on any atom is 0.223 e. The van der Waals surface area contributed by atoms with Gasteiger partial charge in [0.25, 0.3) is 0 Å². The first-order valence-electron chi connectivity index (χ1n) is 6.64. The van der Waals surface area contributed by atoms with Crippen molar-refractivity contribution < 1.29 is 14.4 Å². The SMILES string of the molecule is CC(=O)[C@H](C)NC(=O)[C@@H](C)CCC(=O)NC(C)(C)C. The van der Waals surface area contributed by atoms with Gasteiger partial charge in [0, 0.05) is 17.9 Å². The van der Waals surface area contributed by atoms with Crippen molar-refractivity contribution in [3.63, 3.8) is 0 Å². The third-order valence-electron chi connectivity index (χ3n) is 2.73. The maximum atomic E-state index is 11.8. The van der Waals surface area contributed by atoms with E-state index in [-0.39, 0.29) is 29.1 Å². The van der Waals surface area contributed by atoms with Gasteiger partial charge in [0.05, 0.1) is 6.04 Å². The van der Waals surface area contributed by atoms with E-state index in [1.807, 2.05) is 20.8 Å². The van der Waals surface area contributed by atoms with Crippen LogP contribution in [0.15, 0.2) is 0 Å². The molecular weight excluding hydrogens is 244 g/mol. The van der Waals surface area contributed by atoms with E-state index in [1.54, 1.807) is 13.8 Å². The normalized spacial score (nSPS) is 14.4. The zero-order valence-electron chi connectivity index (χ0n) is 12.8. The lowest BCUT2D eigenvalue weighted by molar-refractivity contribution is -0.129. The Hall–Kier alpha value is -1.39. The molecule has 110 valence electrons. The highest BCUT2D eigenvalue weighted by Crippen LogP contribution is 2.08. The molecule has 0 bridgehead atoms. The monoisotopic (exact) mass is 270 g/mol. The minimum Gasteiger partial charge on any atom is -0.352 e. The van der Waals surface area contributed by atoms with Crippen molar-refractivity contribution in [3.8, 4) is 0 Å². The topological polar surface area (TPSA) is 75.3 Å². The number of ketones is 1. The van der Waals surface area contributed by atoms with Gasteiger partial charge < -0.3 is 10.6 Å². The van der Waals surface area contributed by atoms with Gasteiger partial charge in [-0.1, -0.05) is 6.92 Å². The zero-order valence-corrected chi connectivity index (χ0v) is 12.8. The Balaban J connectivity index is 4.11. The summed E-state index contributed by atoms with van der Waals surface area (Å²) in [6.45, 7) is 10.6. The van der Waals surface area contributed by atoms with E-state index in [9.17, 15) is 14.4 Å². The number of carbonyl (C=O) groups is 3. The van der Waals surface area contributed by atoms with Crippen LogP contribution < -0.4 is 10.6 Å². The summed E-state index contributed by atoms with van der Waals surface area (Å²) in [4.78, 5) is 34.4. The molecule has 0 rings (SSSR count). The molecule has 2 N–H and O–H groups in total. The van der Waals surface area contributed by atoms with Gasteiger partial charge in [-0.05, 0) is 41.0 Å². The molecule has 0 saturated heterocycles. The van der Waals surface area contributed by atoms with Gasteiger partial charge in [-0.15, -0.1) is 0 Å². The van der Waals surface area contributed by atoms with E-state index in [2.05, 4.69) is 10.6 Å². The molecule has 0 aromatic rings. The fourth-order valence-corrected chi connectivity index (χ4v) is 1.42. The first-order chi connectivity index (χ1) is 8.53. The smallest absolute Gasteiger partial charge is 0.223 e. The average molecular weight is 270 g/mol. The van der Waals surface area contributed by atoms with E-state index in [1.165, 1.54) is 6.92 Å². The molecule has 19 heavy (non-hydrogen) atoms. The van der Waals surface area contributed by atoms with Crippen LogP contribution in [0.3, 0.4) is 0 Å². The van der Waals surface area contributed by atoms with Crippen molar-refractivity contribution in [2.75, 3.05) is 0 Å². The molecule has 0 aliphatic rings. The predicted molar refractivity (Wildman–Crippen MR) is 74.6 cm³/mol. The van der Waals surface area contributed by atoms with Crippen molar-refractivity contribution in [2.24, 2.45) is 5.92 Å². The Kier molecular flexibility index (Phi) is 6.73. The van der Waals surface area contributed by atoms with E-state index < -0.39 is 6.04 Å². The van der Waals surface area contributed by atoms with Crippen molar-refractivity contribution in [1.29, 1.82) is 0 Å². The summed E-state index contributed by atoms with van der Waals surface area (Å²) in [5.41, 5.74) is -0.258. The van der Waals surface area contributed by atoms with Crippen molar-refractivity contribution in [1.82, 2.24) is 10.6 Å². The summed E-state index contributed by atoms with van der Waals surface area (Å²) in [5.74, 6) is -0.614. The quantitative estimate of drug-likeness (QED) is 0.766. The number of Topliss-reactive ketones (excluding diaryl/α,β-unsaturated/α-hetero) is 1. The molecular formula is C14H26N2O3. The van der Waals surface area contributed by atoms with E-state index in [0.717, 1.165) is 0 Å². The fourth-order valence-electron chi connectivity index (χ4n) is 1.42. The molecule has 2 atom stereocenters. The molecule has 0 saturated carbocycles. The van der Waals surface area contributed by atoms with Crippen molar-refractivity contribution in [3.05, 3.63) is 0 Å². The summed E-state index contributed by atoms with van der Waals surface area (Å²) < 4.78 is 0. The van der Waals surface area contributed by atoms with Gasteiger partial charge in [0.15, 0.2) is 5.78 Å². The molecule has 2 amide bonds. The van der Waals surface area contributed by atoms with Crippen LogP contribution in [0.25, 0.3) is 0 Å². The molecule has 5 nitrogen and oxygen atoms in total. The van der Waals surface area contributed by atoms with Gasteiger partial charge in [-0.3, -0.25) is 14.4 Å². The second-order valence-corrected chi connectivity index (χ2v) is 6.08. The first-order valence-corrected chi connectivity index (χ1v) is 6.64. The number of hydrogen-bond donors (Lipinski definition) is 2. The number of carbonyl (C=O) groups excluding carboxylic acids is 3. The number of rotatable bonds is 6. The highest BCUT2D eigenvalue weighted by atomic mass is 16.2. The fraction of sp³-hybridized carbons (Fsp3) is 0.786. The van der Waals surface area contributed by atoms with Crippen molar-refractivity contribution in [2.45, 2.75) is 66.0 Å². The molecule has 0 aliphatic heterocycles. The number of hydrogen-bond acceptors (Lipinski definition) is 3. The van der Waals surface area contributed by atoms with Crippen LogP contribution in [0, 0.1) is 5.92 Å². The molecule has 5 heteroatoms. The van der Waals surface area contributed by atoms with Gasteiger partial charge in [-0.2, -0.15) is 0 Å². The van der Waals surface area contributed by atoms with E-state index in [0.29, 0.717) is 12.8 Å². The van der Waals surface area contributed by atoms with Crippen LogP contribution in [0.5, 0.6) is 0 Å². The van der Waals surface area contributed by atoms with Crippen LogP contribution >= 0.6 is 0 Å². The average Bonchev–Trinajstić information content (AvgIpc) is 2.23. The minimum absolute atomic E-state index is 0.0632. The second-order valence-electron chi connectivity index (χ2n) is 6.08. The Labute approximate surface area is 115 Å². The minimum atomic E-state index is -0.474. The van der Waals surface area contributed by atoms with Crippen LogP contribution in [0.4, 0.5) is 0 Å². The Morgan fingerprint density at radius 1 is 1.11 bits per heavy atom. The summed E-state index contributed by atoms with van der Waals surface area (Å²) in [5, 5.41) is 5.48. The third kappa shape index (κ3) is 8.35. The van der Waals surface area contributed by atoms with E-state index >= 15 is 0 Å². The first kappa shape index (κ1) is 17.6. The Bertz CT molecular complexity index is 345. The van der Waals surface area contributed by atoms with E-state index in [4.69, 9.17) is 0 Å². The lowest BCUT2D eigenvalue weighted by Gasteiger charge is -2.21. The number of nitrogens with one attached hydrogen (secondary N) is 2. The molecule has 0 fully saturated rings. The van der Waals surface area contributed by atoms with Crippen LogP contribution in [0.2, 0.25) is 0 Å². The zero-order chi connectivity index (χ0) is 15.2. The predicted octanol–water partition coefficient (Wildman–Crippen LogP) is 1.41. The van der Waals surface area contributed by atoms with Crippen LogP contribution in [-0.4, -0.2) is 29.2 Å². The maximum absolute atomic E-state index is 11.8.